The molecule has 2 heterocycles. The Balaban J connectivity index is 1.55. The topological polar surface area (TPSA) is 80.3 Å². The monoisotopic (exact) mass is 365 g/mol. The van der Waals surface area contributed by atoms with Crippen LogP contribution in [0.15, 0.2) is 47.8 Å². The van der Waals surface area contributed by atoms with Gasteiger partial charge in [-0.2, -0.15) is 0 Å². The van der Waals surface area contributed by atoms with Crippen molar-refractivity contribution in [2.45, 2.75) is 6.92 Å². The van der Waals surface area contributed by atoms with Crippen LogP contribution >= 0.6 is 11.3 Å². The quantitative estimate of drug-likeness (QED) is 0.742. The first kappa shape index (κ1) is 16.3. The molecule has 130 valence electrons. The minimum Gasteiger partial charge on any atom is -0.482 e. The molecule has 4 rings (SSSR count). The molecule has 0 bridgehead atoms. The fraction of sp³-hybridized carbons (Fsp3) is 0.105. The molecule has 2 N–H and O–H groups in total. The molecule has 0 fully saturated rings. The van der Waals surface area contributed by atoms with Crippen molar-refractivity contribution in [3.63, 3.8) is 0 Å². The van der Waals surface area contributed by atoms with Gasteiger partial charge in [-0.25, -0.2) is 4.98 Å². The van der Waals surface area contributed by atoms with Crippen molar-refractivity contribution in [2.75, 3.05) is 17.2 Å². The number of aryl methyl sites for hydroxylation is 1. The van der Waals surface area contributed by atoms with Crippen molar-refractivity contribution >= 4 is 34.0 Å². The zero-order chi connectivity index (χ0) is 18.1. The molecule has 0 unspecified atom stereocenters. The van der Waals surface area contributed by atoms with Gasteiger partial charge in [-0.05, 0) is 36.8 Å². The molecule has 0 saturated heterocycles. The normalized spacial score (nSPS) is 12.7. The highest BCUT2D eigenvalue weighted by atomic mass is 32.1. The molecule has 3 aromatic rings. The van der Waals surface area contributed by atoms with Crippen molar-refractivity contribution in [3.8, 4) is 17.0 Å². The number of anilines is 2. The molecule has 2 aromatic carbocycles. The van der Waals surface area contributed by atoms with Crippen LogP contribution in [0.25, 0.3) is 11.3 Å². The number of rotatable bonds is 3. The average Bonchev–Trinajstić information content (AvgIpc) is 3.10. The Labute approximate surface area is 153 Å². The Morgan fingerprint density at radius 3 is 2.96 bits per heavy atom. The highest BCUT2D eigenvalue weighted by Crippen LogP contribution is 2.33. The molecular formula is C19H15N3O3S. The lowest BCUT2D eigenvalue weighted by Crippen LogP contribution is -2.25. The van der Waals surface area contributed by atoms with Crippen LogP contribution in [0.2, 0.25) is 0 Å². The third-order valence-electron chi connectivity index (χ3n) is 4.02. The number of ether oxygens (including phenoxy) is 1. The molecular weight excluding hydrogens is 350 g/mol. The Hall–Kier alpha value is -3.19. The summed E-state index contributed by atoms with van der Waals surface area (Å²) < 4.78 is 5.36. The Bertz CT molecular complexity index is 1010. The average molecular weight is 365 g/mol. The molecule has 0 atom stereocenters. The van der Waals surface area contributed by atoms with Gasteiger partial charge in [0, 0.05) is 16.5 Å². The lowest BCUT2D eigenvalue weighted by molar-refractivity contribution is -0.118. The molecule has 6 nitrogen and oxygen atoms in total. The van der Waals surface area contributed by atoms with Crippen LogP contribution in [0.4, 0.5) is 10.8 Å². The van der Waals surface area contributed by atoms with Crippen molar-refractivity contribution < 1.29 is 14.3 Å². The lowest BCUT2D eigenvalue weighted by atomic mass is 10.1. The van der Waals surface area contributed by atoms with Crippen molar-refractivity contribution in [1.82, 2.24) is 4.98 Å². The summed E-state index contributed by atoms with van der Waals surface area (Å²) in [6, 6.07) is 12.9. The maximum atomic E-state index is 12.4. The van der Waals surface area contributed by atoms with Crippen LogP contribution in [-0.4, -0.2) is 23.4 Å². The summed E-state index contributed by atoms with van der Waals surface area (Å²) in [4.78, 5) is 28.3. The highest BCUT2D eigenvalue weighted by Gasteiger charge is 2.17. The first-order valence-corrected chi connectivity index (χ1v) is 8.88. The minimum atomic E-state index is -0.185. The van der Waals surface area contributed by atoms with E-state index in [1.165, 1.54) is 11.3 Å². The van der Waals surface area contributed by atoms with Gasteiger partial charge in [-0.15, -0.1) is 11.3 Å². The van der Waals surface area contributed by atoms with Gasteiger partial charge in [-0.1, -0.05) is 18.2 Å². The minimum absolute atomic E-state index is 0.0259. The van der Waals surface area contributed by atoms with Crippen molar-refractivity contribution in [2.24, 2.45) is 0 Å². The fourth-order valence-electron chi connectivity index (χ4n) is 2.70. The summed E-state index contributed by atoms with van der Waals surface area (Å²) in [5.74, 6) is 0.269. The zero-order valence-corrected chi connectivity index (χ0v) is 14.7. The van der Waals surface area contributed by atoms with E-state index >= 15 is 0 Å². The summed E-state index contributed by atoms with van der Waals surface area (Å²) in [6.45, 7) is 1.92. The summed E-state index contributed by atoms with van der Waals surface area (Å²) >= 11 is 1.35. The maximum Gasteiger partial charge on any atom is 0.262 e. The van der Waals surface area contributed by atoms with E-state index in [9.17, 15) is 9.59 Å². The van der Waals surface area contributed by atoms with E-state index in [1.54, 1.807) is 12.1 Å². The van der Waals surface area contributed by atoms with E-state index in [0.717, 1.165) is 16.8 Å². The third kappa shape index (κ3) is 3.16. The Morgan fingerprint density at radius 2 is 2.12 bits per heavy atom. The lowest BCUT2D eigenvalue weighted by Gasteiger charge is -2.18. The van der Waals surface area contributed by atoms with Crippen LogP contribution in [0.1, 0.15) is 15.9 Å². The number of nitrogens with zero attached hydrogens (tertiary/aromatic N) is 1. The molecule has 7 heteroatoms. The molecule has 26 heavy (non-hydrogen) atoms. The zero-order valence-electron chi connectivity index (χ0n) is 13.9. The Kier molecular flexibility index (Phi) is 4.14. The van der Waals surface area contributed by atoms with Gasteiger partial charge in [0.25, 0.3) is 11.8 Å². The molecule has 1 aliphatic rings. The number of fused-ring (bicyclic) bond motifs is 1. The van der Waals surface area contributed by atoms with Crippen LogP contribution in [0.5, 0.6) is 5.75 Å². The molecule has 0 saturated carbocycles. The van der Waals surface area contributed by atoms with Gasteiger partial charge < -0.3 is 10.1 Å². The first-order chi connectivity index (χ1) is 12.6. The van der Waals surface area contributed by atoms with Crippen LogP contribution < -0.4 is 15.4 Å². The van der Waals surface area contributed by atoms with Gasteiger partial charge >= 0.3 is 0 Å². The van der Waals surface area contributed by atoms with E-state index < -0.39 is 0 Å². The number of nitrogens with one attached hydrogen (secondary N) is 2. The van der Waals surface area contributed by atoms with Gasteiger partial charge in [0.05, 0.1) is 11.4 Å². The maximum absolute atomic E-state index is 12.4. The number of carbonyl (C=O) groups is 2. The number of hydrogen-bond donors (Lipinski definition) is 2. The van der Waals surface area contributed by atoms with Gasteiger partial charge in [0.2, 0.25) is 0 Å². The van der Waals surface area contributed by atoms with Gasteiger partial charge in [-0.3, -0.25) is 14.9 Å². The predicted molar refractivity (Wildman–Crippen MR) is 101 cm³/mol. The second kappa shape index (κ2) is 6.61. The van der Waals surface area contributed by atoms with Crippen molar-refractivity contribution in [1.29, 1.82) is 0 Å². The second-order valence-corrected chi connectivity index (χ2v) is 6.71. The van der Waals surface area contributed by atoms with E-state index in [0.29, 0.717) is 22.1 Å². The van der Waals surface area contributed by atoms with Crippen LogP contribution in [-0.2, 0) is 4.79 Å². The first-order valence-electron chi connectivity index (χ1n) is 8.00. The van der Waals surface area contributed by atoms with E-state index in [1.807, 2.05) is 42.6 Å². The predicted octanol–water partition coefficient (Wildman–Crippen LogP) is 3.70. The standard InChI is InChI=1S/C19H15N3O3S/c1-11-4-2-3-5-13(11)18(24)22-19-21-15(10-26-19)12-6-7-16-14(8-12)20-17(23)9-25-16/h2-8,10H,9H2,1H3,(H,20,23)(H,21,22,24). The molecule has 0 spiro atoms. The SMILES string of the molecule is Cc1ccccc1C(=O)Nc1nc(-c2ccc3c(c2)NC(=O)CO3)cs1. The fourth-order valence-corrected chi connectivity index (χ4v) is 3.41. The molecule has 0 radical (unpaired) electrons. The number of benzene rings is 2. The largest absolute Gasteiger partial charge is 0.482 e. The van der Waals surface area contributed by atoms with Crippen molar-refractivity contribution in [3.05, 3.63) is 59.0 Å². The number of carbonyl (C=O) groups excluding carboxylic acids is 2. The number of thiazole rings is 1. The van der Waals surface area contributed by atoms with Gasteiger partial charge in [0.15, 0.2) is 11.7 Å². The molecule has 2 amide bonds. The van der Waals surface area contributed by atoms with E-state index in [-0.39, 0.29) is 18.4 Å². The number of hydrogen-bond acceptors (Lipinski definition) is 5. The summed E-state index contributed by atoms with van der Waals surface area (Å²) in [6.07, 6.45) is 0. The van der Waals surface area contributed by atoms with Crippen LogP contribution in [0, 0.1) is 6.92 Å². The second-order valence-electron chi connectivity index (χ2n) is 5.85. The number of aromatic nitrogens is 1. The van der Waals surface area contributed by atoms with Gasteiger partial charge in [0.1, 0.15) is 5.75 Å². The molecule has 1 aliphatic heterocycles. The van der Waals surface area contributed by atoms with Crippen LogP contribution in [0.3, 0.4) is 0 Å². The highest BCUT2D eigenvalue weighted by molar-refractivity contribution is 7.14. The smallest absolute Gasteiger partial charge is 0.262 e. The summed E-state index contributed by atoms with van der Waals surface area (Å²) in [5.41, 5.74) is 3.71. The van der Waals surface area contributed by atoms with E-state index in [2.05, 4.69) is 15.6 Å². The number of amides is 2. The molecule has 0 aliphatic carbocycles. The third-order valence-corrected chi connectivity index (χ3v) is 4.78. The summed E-state index contributed by atoms with van der Waals surface area (Å²) in [5, 5.41) is 7.99. The Morgan fingerprint density at radius 1 is 1.27 bits per heavy atom. The molecule has 1 aromatic heterocycles. The summed E-state index contributed by atoms with van der Waals surface area (Å²) in [7, 11) is 0. The van der Waals surface area contributed by atoms with E-state index in [4.69, 9.17) is 4.74 Å².